The van der Waals surface area contributed by atoms with Crippen LogP contribution in [-0.2, 0) is 0 Å². The van der Waals surface area contributed by atoms with Crippen molar-refractivity contribution in [2.24, 2.45) is 5.73 Å². The van der Waals surface area contributed by atoms with Gasteiger partial charge in [-0.25, -0.2) is 18.7 Å². The molecule has 98 valence electrons. The predicted octanol–water partition coefficient (Wildman–Crippen LogP) is 2.98. The summed E-state index contributed by atoms with van der Waals surface area (Å²) in [5.74, 6) is -1.47. The third-order valence-electron chi connectivity index (χ3n) is 2.70. The summed E-state index contributed by atoms with van der Waals surface area (Å²) >= 11 is 1.41. The number of nitrogens with one attached hydrogen (secondary N) is 1. The first-order valence-electron chi connectivity index (χ1n) is 5.61. The number of hydrogen-bond acceptors (Lipinski definition) is 4. The van der Waals surface area contributed by atoms with Gasteiger partial charge in [0.15, 0.2) is 17.5 Å². The van der Waals surface area contributed by atoms with E-state index in [-0.39, 0.29) is 11.6 Å². The molecule has 1 unspecified atom stereocenters. The van der Waals surface area contributed by atoms with E-state index in [0.717, 1.165) is 11.1 Å². The zero-order valence-electron chi connectivity index (χ0n) is 9.95. The zero-order chi connectivity index (χ0) is 13.6. The Kier molecular flexibility index (Phi) is 2.79. The van der Waals surface area contributed by atoms with Crippen LogP contribution >= 0.6 is 11.3 Å². The Morgan fingerprint density at radius 2 is 2.11 bits per heavy atom. The van der Waals surface area contributed by atoms with Crippen molar-refractivity contribution >= 4 is 22.4 Å². The van der Waals surface area contributed by atoms with Crippen molar-refractivity contribution < 1.29 is 8.78 Å². The van der Waals surface area contributed by atoms with Crippen molar-refractivity contribution in [2.45, 2.75) is 13.0 Å². The molecule has 7 heteroatoms. The molecule has 0 aliphatic carbocycles. The highest BCUT2D eigenvalue weighted by molar-refractivity contribution is 7.10. The van der Waals surface area contributed by atoms with Gasteiger partial charge in [0.05, 0.1) is 11.6 Å². The van der Waals surface area contributed by atoms with Crippen molar-refractivity contribution in [3.05, 3.63) is 34.2 Å². The molecule has 0 spiro atoms. The van der Waals surface area contributed by atoms with Crippen LogP contribution in [0.25, 0.3) is 22.6 Å². The SMILES string of the molecule is CC(N)c1nc(-c2nc3c(F)c(F)ccc3[nH]2)cs1. The Bertz CT molecular complexity index is 747. The molecule has 3 N–H and O–H groups in total. The molecule has 0 amide bonds. The molecule has 0 fully saturated rings. The molecule has 1 aromatic carbocycles. The number of aromatic nitrogens is 3. The van der Waals surface area contributed by atoms with Gasteiger partial charge in [0.2, 0.25) is 0 Å². The lowest BCUT2D eigenvalue weighted by atomic mass is 10.3. The van der Waals surface area contributed by atoms with Crippen LogP contribution in [0, 0.1) is 11.6 Å². The third kappa shape index (κ3) is 2.00. The monoisotopic (exact) mass is 280 g/mol. The number of H-pyrrole nitrogens is 1. The number of rotatable bonds is 2. The van der Waals surface area contributed by atoms with Crippen LogP contribution < -0.4 is 5.73 Å². The number of imidazole rings is 1. The molecule has 0 aliphatic heterocycles. The van der Waals surface area contributed by atoms with E-state index in [9.17, 15) is 8.78 Å². The van der Waals surface area contributed by atoms with Gasteiger partial charge in [-0.2, -0.15) is 0 Å². The van der Waals surface area contributed by atoms with E-state index in [1.54, 1.807) is 5.38 Å². The number of aromatic amines is 1. The Labute approximate surface area is 111 Å². The standard InChI is InChI=1S/C12H10F2N4S/c1-5(15)12-17-8(4-19-12)11-16-7-3-2-6(13)9(14)10(7)18-11/h2-5H,15H2,1H3,(H,16,18). The quantitative estimate of drug-likeness (QED) is 0.758. The van der Waals surface area contributed by atoms with Crippen LogP contribution in [0.15, 0.2) is 17.5 Å². The van der Waals surface area contributed by atoms with E-state index >= 15 is 0 Å². The smallest absolute Gasteiger partial charge is 0.186 e. The van der Waals surface area contributed by atoms with Gasteiger partial charge in [0.25, 0.3) is 0 Å². The number of fused-ring (bicyclic) bond motifs is 1. The normalized spacial score (nSPS) is 13.1. The first-order chi connectivity index (χ1) is 9.06. The summed E-state index contributed by atoms with van der Waals surface area (Å²) < 4.78 is 26.7. The number of benzene rings is 1. The molecule has 0 saturated carbocycles. The highest BCUT2D eigenvalue weighted by Crippen LogP contribution is 2.26. The lowest BCUT2D eigenvalue weighted by molar-refractivity contribution is 0.515. The fraction of sp³-hybridized carbons (Fsp3) is 0.167. The lowest BCUT2D eigenvalue weighted by Crippen LogP contribution is -2.03. The maximum Gasteiger partial charge on any atom is 0.186 e. The molecule has 3 aromatic rings. The van der Waals surface area contributed by atoms with Crippen LogP contribution in [0.5, 0.6) is 0 Å². The van der Waals surface area contributed by atoms with Crippen LogP contribution in [0.1, 0.15) is 18.0 Å². The van der Waals surface area contributed by atoms with E-state index < -0.39 is 11.6 Å². The fourth-order valence-corrected chi connectivity index (χ4v) is 2.51. The summed E-state index contributed by atoms with van der Waals surface area (Å²) in [5, 5.41) is 2.55. The van der Waals surface area contributed by atoms with Gasteiger partial charge < -0.3 is 10.7 Å². The number of nitrogens with zero attached hydrogens (tertiary/aromatic N) is 2. The minimum atomic E-state index is -0.956. The minimum Gasteiger partial charge on any atom is -0.337 e. The van der Waals surface area contributed by atoms with Crippen LogP contribution in [0.4, 0.5) is 8.78 Å². The van der Waals surface area contributed by atoms with Crippen molar-refractivity contribution in [3.8, 4) is 11.5 Å². The van der Waals surface area contributed by atoms with Crippen LogP contribution in [0.3, 0.4) is 0 Å². The number of halogens is 2. The van der Waals surface area contributed by atoms with Gasteiger partial charge in [0.1, 0.15) is 16.2 Å². The first-order valence-corrected chi connectivity index (χ1v) is 6.49. The third-order valence-corrected chi connectivity index (χ3v) is 3.75. The van der Waals surface area contributed by atoms with Gasteiger partial charge in [-0.1, -0.05) is 0 Å². The van der Waals surface area contributed by atoms with Crippen molar-refractivity contribution in [1.82, 2.24) is 15.0 Å². The molecule has 4 nitrogen and oxygen atoms in total. The highest BCUT2D eigenvalue weighted by atomic mass is 32.1. The zero-order valence-corrected chi connectivity index (χ0v) is 10.8. The Morgan fingerprint density at radius 3 is 2.79 bits per heavy atom. The topological polar surface area (TPSA) is 67.6 Å². The number of hydrogen-bond donors (Lipinski definition) is 2. The molecule has 19 heavy (non-hydrogen) atoms. The van der Waals surface area contributed by atoms with Crippen molar-refractivity contribution in [1.29, 1.82) is 0 Å². The summed E-state index contributed by atoms with van der Waals surface area (Å²) in [7, 11) is 0. The summed E-state index contributed by atoms with van der Waals surface area (Å²) in [6.07, 6.45) is 0. The summed E-state index contributed by atoms with van der Waals surface area (Å²) in [5.41, 5.74) is 6.72. The van der Waals surface area contributed by atoms with Gasteiger partial charge in [-0.15, -0.1) is 11.3 Å². The molecule has 0 saturated heterocycles. The molecule has 0 aliphatic rings. The van der Waals surface area contributed by atoms with Crippen LogP contribution in [0.2, 0.25) is 0 Å². The summed E-state index contributed by atoms with van der Waals surface area (Å²) in [6.45, 7) is 1.83. The second-order valence-electron chi connectivity index (χ2n) is 4.20. The first kappa shape index (κ1) is 12.2. The Hall–Kier alpha value is -1.86. The van der Waals surface area contributed by atoms with Crippen LogP contribution in [-0.4, -0.2) is 15.0 Å². The maximum atomic E-state index is 13.6. The largest absolute Gasteiger partial charge is 0.337 e. The average Bonchev–Trinajstić information content (AvgIpc) is 2.99. The Morgan fingerprint density at radius 1 is 1.32 bits per heavy atom. The molecule has 2 heterocycles. The second-order valence-corrected chi connectivity index (χ2v) is 5.09. The van der Waals surface area contributed by atoms with Gasteiger partial charge >= 0.3 is 0 Å². The van der Waals surface area contributed by atoms with Crippen molar-refractivity contribution in [2.75, 3.05) is 0 Å². The fourth-order valence-electron chi connectivity index (χ4n) is 1.74. The second kappa shape index (κ2) is 4.36. The van der Waals surface area contributed by atoms with Gasteiger partial charge in [-0.05, 0) is 19.1 Å². The molecular weight excluding hydrogens is 270 g/mol. The summed E-state index contributed by atoms with van der Waals surface area (Å²) in [6, 6.07) is 2.34. The minimum absolute atomic E-state index is 0.0228. The molecule has 3 rings (SSSR count). The van der Waals surface area contributed by atoms with E-state index in [4.69, 9.17) is 5.73 Å². The van der Waals surface area contributed by atoms with Gasteiger partial charge in [0, 0.05) is 5.38 Å². The molecule has 0 bridgehead atoms. The van der Waals surface area contributed by atoms with Crippen molar-refractivity contribution in [3.63, 3.8) is 0 Å². The highest BCUT2D eigenvalue weighted by Gasteiger charge is 2.15. The number of nitrogens with two attached hydrogens (primary N) is 1. The van der Waals surface area contributed by atoms with E-state index in [0.29, 0.717) is 17.0 Å². The lowest BCUT2D eigenvalue weighted by Gasteiger charge is -1.96. The molecule has 1 atom stereocenters. The number of thiazole rings is 1. The molecule has 0 radical (unpaired) electrons. The maximum absolute atomic E-state index is 13.6. The Balaban J connectivity index is 2.12. The molecular formula is C12H10F2N4S. The van der Waals surface area contributed by atoms with E-state index in [2.05, 4.69) is 15.0 Å². The van der Waals surface area contributed by atoms with E-state index in [1.807, 2.05) is 6.92 Å². The van der Waals surface area contributed by atoms with E-state index in [1.165, 1.54) is 17.4 Å². The van der Waals surface area contributed by atoms with Gasteiger partial charge in [-0.3, -0.25) is 0 Å². The average molecular weight is 280 g/mol. The predicted molar refractivity (Wildman–Crippen MR) is 69.7 cm³/mol. The molecule has 2 aromatic heterocycles. The summed E-state index contributed by atoms with van der Waals surface area (Å²) in [4.78, 5) is 11.3.